The average molecular weight is 483 g/mol. The van der Waals surface area contributed by atoms with Crippen molar-refractivity contribution in [3.63, 3.8) is 0 Å². The molecule has 2 heterocycles. The van der Waals surface area contributed by atoms with Crippen molar-refractivity contribution in [2.24, 2.45) is 0 Å². The van der Waals surface area contributed by atoms with Gasteiger partial charge >= 0.3 is 5.97 Å². The van der Waals surface area contributed by atoms with Crippen molar-refractivity contribution in [1.82, 2.24) is 14.8 Å². The molecule has 2 aromatic heterocycles. The lowest BCUT2D eigenvalue weighted by Crippen LogP contribution is -2.17. The van der Waals surface area contributed by atoms with Crippen LogP contribution in [0.4, 0.5) is 5.00 Å². The minimum atomic E-state index is -0.363. The first kappa shape index (κ1) is 23.3. The molecular formula is C24H26N4O3S2. The Morgan fingerprint density at radius 2 is 2.03 bits per heavy atom. The number of aromatic nitrogens is 3. The van der Waals surface area contributed by atoms with E-state index in [9.17, 15) is 9.59 Å². The third-order valence-corrected chi connectivity index (χ3v) is 7.47. The lowest BCUT2D eigenvalue weighted by Gasteiger charge is -2.12. The number of hydrogen-bond donors (Lipinski definition) is 1. The van der Waals surface area contributed by atoms with Crippen molar-refractivity contribution < 1.29 is 14.3 Å². The first-order valence-corrected chi connectivity index (χ1v) is 12.8. The van der Waals surface area contributed by atoms with Crippen LogP contribution in [0.2, 0.25) is 0 Å². The van der Waals surface area contributed by atoms with Gasteiger partial charge in [-0.25, -0.2) is 4.79 Å². The van der Waals surface area contributed by atoms with Gasteiger partial charge < -0.3 is 10.1 Å². The SMILES string of the molecule is C=CCn1c(SCC(=O)Nc2sc3c(c2C(=O)OCC)CCCC3)nnc1-c1ccccc1. The lowest BCUT2D eigenvalue weighted by molar-refractivity contribution is -0.113. The Labute approximate surface area is 201 Å². The van der Waals surface area contributed by atoms with Gasteiger partial charge in [0.2, 0.25) is 5.91 Å². The number of aryl methyl sites for hydroxylation is 1. The molecule has 0 unspecified atom stereocenters. The lowest BCUT2D eigenvalue weighted by atomic mass is 9.95. The molecule has 3 aromatic rings. The van der Waals surface area contributed by atoms with Gasteiger partial charge in [-0.3, -0.25) is 9.36 Å². The third-order valence-electron chi connectivity index (χ3n) is 5.30. The first-order chi connectivity index (χ1) is 16.1. The van der Waals surface area contributed by atoms with Gasteiger partial charge in [0.05, 0.1) is 17.9 Å². The predicted octanol–water partition coefficient (Wildman–Crippen LogP) is 4.98. The summed E-state index contributed by atoms with van der Waals surface area (Å²) in [4.78, 5) is 26.6. The maximum Gasteiger partial charge on any atom is 0.341 e. The smallest absolute Gasteiger partial charge is 0.341 e. The van der Waals surface area contributed by atoms with Gasteiger partial charge in [-0.15, -0.1) is 28.1 Å². The molecule has 0 aliphatic heterocycles. The summed E-state index contributed by atoms with van der Waals surface area (Å²) in [5, 5.41) is 12.8. The van der Waals surface area contributed by atoms with E-state index in [2.05, 4.69) is 22.1 Å². The zero-order valence-corrected chi connectivity index (χ0v) is 20.1. The Bertz CT molecular complexity index is 1150. The Hall–Kier alpha value is -2.91. The topological polar surface area (TPSA) is 86.1 Å². The largest absolute Gasteiger partial charge is 0.462 e. The number of fused-ring (bicyclic) bond motifs is 1. The summed E-state index contributed by atoms with van der Waals surface area (Å²) in [6, 6.07) is 9.79. The van der Waals surface area contributed by atoms with Gasteiger partial charge in [-0.2, -0.15) is 0 Å². The number of benzene rings is 1. The number of carbonyl (C=O) groups excluding carboxylic acids is 2. The fraction of sp³-hybridized carbons (Fsp3) is 0.333. The number of ether oxygens (including phenoxy) is 1. The molecule has 9 heteroatoms. The molecule has 1 aliphatic rings. The van der Waals surface area contributed by atoms with Crippen LogP contribution in [-0.2, 0) is 28.9 Å². The van der Waals surface area contributed by atoms with Crippen molar-refractivity contribution >= 4 is 40.0 Å². The minimum absolute atomic E-state index is 0.148. The van der Waals surface area contributed by atoms with E-state index >= 15 is 0 Å². The molecule has 1 amide bonds. The zero-order valence-electron chi connectivity index (χ0n) is 18.5. The average Bonchev–Trinajstić information content (AvgIpc) is 3.39. The highest BCUT2D eigenvalue weighted by Gasteiger charge is 2.27. The number of amides is 1. The van der Waals surface area contributed by atoms with E-state index in [0.717, 1.165) is 42.6 Å². The van der Waals surface area contributed by atoms with Crippen LogP contribution in [0.1, 0.15) is 40.6 Å². The summed E-state index contributed by atoms with van der Waals surface area (Å²) >= 11 is 2.80. The fourth-order valence-corrected chi connectivity index (χ4v) is 5.90. The van der Waals surface area contributed by atoms with Crippen LogP contribution < -0.4 is 5.32 Å². The van der Waals surface area contributed by atoms with Crippen LogP contribution in [0, 0.1) is 0 Å². The second kappa shape index (κ2) is 10.8. The molecule has 7 nitrogen and oxygen atoms in total. The molecule has 1 aliphatic carbocycles. The Balaban J connectivity index is 1.49. The Morgan fingerprint density at radius 1 is 1.24 bits per heavy atom. The molecule has 0 fully saturated rings. The number of nitrogens with one attached hydrogen (secondary N) is 1. The summed E-state index contributed by atoms with van der Waals surface area (Å²) in [5.74, 6) is 0.320. The number of esters is 1. The van der Waals surface area contributed by atoms with Crippen LogP contribution in [0.5, 0.6) is 0 Å². The highest BCUT2D eigenvalue weighted by atomic mass is 32.2. The molecule has 0 spiro atoms. The summed E-state index contributed by atoms with van der Waals surface area (Å²) in [7, 11) is 0. The van der Waals surface area contributed by atoms with Crippen LogP contribution in [0.15, 0.2) is 48.1 Å². The number of carbonyl (C=O) groups is 2. The normalized spacial score (nSPS) is 12.8. The fourth-order valence-electron chi connectivity index (χ4n) is 3.86. The second-order valence-corrected chi connectivity index (χ2v) is 9.59. The van der Waals surface area contributed by atoms with E-state index in [-0.39, 0.29) is 17.6 Å². The number of anilines is 1. The summed E-state index contributed by atoms with van der Waals surface area (Å²) in [6.07, 6.45) is 5.70. The van der Waals surface area contributed by atoms with Gasteiger partial charge in [-0.1, -0.05) is 48.2 Å². The van der Waals surface area contributed by atoms with Gasteiger partial charge in [-0.05, 0) is 38.2 Å². The number of nitrogens with zero attached hydrogens (tertiary/aromatic N) is 3. The Morgan fingerprint density at radius 3 is 2.79 bits per heavy atom. The van der Waals surface area contributed by atoms with Gasteiger partial charge in [0, 0.05) is 17.0 Å². The third kappa shape index (κ3) is 5.20. The van der Waals surface area contributed by atoms with Crippen molar-refractivity contribution in [1.29, 1.82) is 0 Å². The van der Waals surface area contributed by atoms with E-state index in [1.165, 1.54) is 28.0 Å². The van der Waals surface area contributed by atoms with Crippen LogP contribution in [0.25, 0.3) is 11.4 Å². The molecule has 172 valence electrons. The van der Waals surface area contributed by atoms with Gasteiger partial charge in [0.15, 0.2) is 11.0 Å². The summed E-state index contributed by atoms with van der Waals surface area (Å²) in [5.41, 5.74) is 2.51. The molecule has 0 atom stereocenters. The highest BCUT2D eigenvalue weighted by molar-refractivity contribution is 7.99. The monoisotopic (exact) mass is 482 g/mol. The standard InChI is InChI=1S/C24H26N4O3S2/c1-3-14-28-21(16-10-6-5-7-11-16)26-27-24(28)32-15-19(29)25-22-20(23(30)31-4-2)17-12-8-9-13-18(17)33-22/h3,5-7,10-11H,1,4,8-9,12-15H2,2H3,(H,25,29). The summed E-state index contributed by atoms with van der Waals surface area (Å²) < 4.78 is 7.21. The maximum absolute atomic E-state index is 12.8. The molecule has 33 heavy (non-hydrogen) atoms. The molecule has 1 N–H and O–H groups in total. The van der Waals surface area contributed by atoms with E-state index in [4.69, 9.17) is 4.74 Å². The zero-order chi connectivity index (χ0) is 23.2. The second-order valence-electron chi connectivity index (χ2n) is 7.54. The van der Waals surface area contributed by atoms with Crippen molar-refractivity contribution in [3.05, 3.63) is 59.0 Å². The number of rotatable bonds is 9. The molecular weight excluding hydrogens is 456 g/mol. The molecule has 0 bridgehead atoms. The maximum atomic E-state index is 12.8. The van der Waals surface area contributed by atoms with E-state index in [1.54, 1.807) is 13.0 Å². The first-order valence-electron chi connectivity index (χ1n) is 11.0. The Kier molecular flexibility index (Phi) is 7.61. The number of allylic oxidation sites excluding steroid dienone is 1. The quantitative estimate of drug-likeness (QED) is 0.263. The van der Waals surface area contributed by atoms with Gasteiger partial charge in [0.25, 0.3) is 0 Å². The van der Waals surface area contributed by atoms with Crippen LogP contribution in [-0.4, -0.2) is 39.0 Å². The molecule has 1 aromatic carbocycles. The molecule has 0 radical (unpaired) electrons. The van der Waals surface area contributed by atoms with E-state index < -0.39 is 0 Å². The highest BCUT2D eigenvalue weighted by Crippen LogP contribution is 2.38. The molecule has 0 saturated heterocycles. The number of thiophene rings is 1. The van der Waals surface area contributed by atoms with Crippen molar-refractivity contribution in [2.75, 3.05) is 17.7 Å². The van der Waals surface area contributed by atoms with E-state index in [1.807, 2.05) is 34.9 Å². The van der Waals surface area contributed by atoms with Crippen molar-refractivity contribution in [3.8, 4) is 11.4 Å². The van der Waals surface area contributed by atoms with E-state index in [0.29, 0.717) is 28.9 Å². The van der Waals surface area contributed by atoms with Crippen LogP contribution >= 0.6 is 23.1 Å². The molecule has 0 saturated carbocycles. The van der Waals surface area contributed by atoms with Crippen molar-refractivity contribution in [2.45, 2.75) is 44.3 Å². The minimum Gasteiger partial charge on any atom is -0.462 e. The van der Waals surface area contributed by atoms with Crippen LogP contribution in [0.3, 0.4) is 0 Å². The number of thioether (sulfide) groups is 1. The predicted molar refractivity (Wildman–Crippen MR) is 132 cm³/mol. The number of hydrogen-bond acceptors (Lipinski definition) is 7. The molecule has 4 rings (SSSR count). The van der Waals surface area contributed by atoms with Gasteiger partial charge in [0.1, 0.15) is 5.00 Å². The summed E-state index contributed by atoms with van der Waals surface area (Å²) in [6.45, 7) is 6.45.